The number of rotatable bonds is 4. The van der Waals surface area contributed by atoms with Gasteiger partial charge in [-0.25, -0.2) is 4.79 Å². The number of benzene rings is 1. The molecular formula is C22H26N6O3. The molecule has 0 spiro atoms. The van der Waals surface area contributed by atoms with Gasteiger partial charge in [0.2, 0.25) is 5.78 Å². The second kappa shape index (κ2) is 7.51. The Morgan fingerprint density at radius 1 is 1.10 bits per heavy atom. The maximum absolute atomic E-state index is 13.4. The van der Waals surface area contributed by atoms with E-state index in [-0.39, 0.29) is 11.2 Å². The second-order valence-electron chi connectivity index (χ2n) is 8.15. The van der Waals surface area contributed by atoms with E-state index < -0.39 is 0 Å². The third-order valence-electron chi connectivity index (χ3n) is 6.03. The highest BCUT2D eigenvalue weighted by molar-refractivity contribution is 5.76. The van der Waals surface area contributed by atoms with Gasteiger partial charge in [-0.15, -0.1) is 0 Å². The summed E-state index contributed by atoms with van der Waals surface area (Å²) in [5, 5.41) is 0. The van der Waals surface area contributed by atoms with Gasteiger partial charge >= 0.3 is 5.69 Å². The lowest BCUT2D eigenvalue weighted by Gasteiger charge is -2.26. The number of imidazole rings is 2. The molecule has 0 radical (unpaired) electrons. The maximum Gasteiger partial charge on any atom is 0.332 e. The van der Waals surface area contributed by atoms with Gasteiger partial charge in [0.1, 0.15) is 0 Å². The Bertz CT molecular complexity index is 1400. The number of nitrogens with zero attached hydrogens (tertiary/aromatic N) is 6. The molecule has 1 fully saturated rings. The average Bonchev–Trinajstić information content (AvgIpc) is 3.27. The van der Waals surface area contributed by atoms with Crippen molar-refractivity contribution in [1.29, 1.82) is 0 Å². The highest BCUT2D eigenvalue weighted by Crippen LogP contribution is 2.21. The Morgan fingerprint density at radius 3 is 2.61 bits per heavy atom. The van der Waals surface area contributed by atoms with Crippen LogP contribution < -0.4 is 11.2 Å². The summed E-state index contributed by atoms with van der Waals surface area (Å²) >= 11 is 0. The molecule has 4 aromatic rings. The fourth-order valence-corrected chi connectivity index (χ4v) is 4.36. The molecule has 0 atom stereocenters. The molecule has 9 heteroatoms. The molecule has 0 N–H and O–H groups in total. The summed E-state index contributed by atoms with van der Waals surface area (Å²) in [4.78, 5) is 33.3. The van der Waals surface area contributed by atoms with Crippen LogP contribution in [0.25, 0.3) is 22.6 Å². The van der Waals surface area contributed by atoms with Gasteiger partial charge < -0.3 is 4.74 Å². The number of ether oxygens (including phenoxy) is 1. The number of morpholine rings is 1. The summed E-state index contributed by atoms with van der Waals surface area (Å²) in [6, 6.07) is 8.13. The van der Waals surface area contributed by atoms with E-state index in [9.17, 15) is 9.59 Å². The van der Waals surface area contributed by atoms with Crippen LogP contribution in [0.2, 0.25) is 0 Å². The molecule has 1 aliphatic rings. The van der Waals surface area contributed by atoms with Crippen molar-refractivity contribution in [2.75, 3.05) is 32.8 Å². The lowest BCUT2D eigenvalue weighted by atomic mass is 10.2. The molecule has 3 aromatic heterocycles. The lowest BCUT2D eigenvalue weighted by Crippen LogP contribution is -2.44. The Kier molecular flexibility index (Phi) is 4.79. The maximum atomic E-state index is 13.4. The molecular weight excluding hydrogens is 396 g/mol. The second-order valence-corrected chi connectivity index (χ2v) is 8.15. The molecule has 0 saturated carbocycles. The summed E-state index contributed by atoms with van der Waals surface area (Å²) in [7, 11) is 1.67. The Labute approximate surface area is 178 Å². The Balaban J connectivity index is 1.67. The van der Waals surface area contributed by atoms with Gasteiger partial charge in [-0.05, 0) is 31.5 Å². The predicted molar refractivity (Wildman–Crippen MR) is 118 cm³/mol. The largest absolute Gasteiger partial charge is 0.379 e. The number of hydrogen-bond donors (Lipinski definition) is 0. The van der Waals surface area contributed by atoms with Gasteiger partial charge in [-0.2, -0.15) is 4.98 Å². The minimum Gasteiger partial charge on any atom is -0.379 e. The van der Waals surface area contributed by atoms with Crippen molar-refractivity contribution in [2.45, 2.75) is 20.4 Å². The van der Waals surface area contributed by atoms with Gasteiger partial charge in [0, 0.05) is 50.8 Å². The molecule has 162 valence electrons. The van der Waals surface area contributed by atoms with Crippen LogP contribution in [0.5, 0.6) is 0 Å². The van der Waals surface area contributed by atoms with Crippen molar-refractivity contribution < 1.29 is 4.74 Å². The van der Waals surface area contributed by atoms with Crippen LogP contribution in [0, 0.1) is 13.8 Å². The molecule has 0 bridgehead atoms. The lowest BCUT2D eigenvalue weighted by molar-refractivity contribution is 0.0361. The molecule has 4 heterocycles. The van der Waals surface area contributed by atoms with Gasteiger partial charge in [0.05, 0.1) is 13.2 Å². The van der Waals surface area contributed by atoms with Gasteiger partial charge in [-0.3, -0.25) is 27.8 Å². The van der Waals surface area contributed by atoms with Crippen molar-refractivity contribution in [3.05, 3.63) is 62.6 Å². The molecule has 0 amide bonds. The molecule has 0 aliphatic carbocycles. The zero-order chi connectivity index (χ0) is 21.7. The molecule has 1 aliphatic heterocycles. The van der Waals surface area contributed by atoms with E-state index in [1.54, 1.807) is 11.4 Å². The van der Waals surface area contributed by atoms with Gasteiger partial charge in [-0.1, -0.05) is 12.1 Å². The van der Waals surface area contributed by atoms with Crippen LogP contribution in [-0.2, 0) is 18.3 Å². The standard InChI is InChI=1S/C22H26N6O3/c1-15-5-4-6-17(13-15)28-16(2)14-27-18-19(23-21(27)28)24(3)22(30)26(20(18)29)8-7-25-9-11-31-12-10-25/h4-6,13-14H,7-12H2,1-3H3. The molecule has 1 aromatic carbocycles. The first kappa shape index (κ1) is 19.8. The minimum atomic E-state index is -0.342. The van der Waals surface area contributed by atoms with Crippen molar-refractivity contribution in [3.63, 3.8) is 0 Å². The minimum absolute atomic E-state index is 0.305. The topological polar surface area (TPSA) is 78.7 Å². The zero-order valence-electron chi connectivity index (χ0n) is 18.0. The average molecular weight is 422 g/mol. The third-order valence-corrected chi connectivity index (χ3v) is 6.03. The van der Waals surface area contributed by atoms with Crippen molar-refractivity contribution >= 4 is 16.9 Å². The van der Waals surface area contributed by atoms with E-state index in [1.807, 2.05) is 42.8 Å². The molecule has 9 nitrogen and oxygen atoms in total. The summed E-state index contributed by atoms with van der Waals surface area (Å²) < 4.78 is 12.0. The summed E-state index contributed by atoms with van der Waals surface area (Å²) in [6.07, 6.45) is 1.91. The Morgan fingerprint density at radius 2 is 1.87 bits per heavy atom. The summed E-state index contributed by atoms with van der Waals surface area (Å²) in [6.45, 7) is 7.99. The van der Waals surface area contributed by atoms with E-state index >= 15 is 0 Å². The van der Waals surface area contributed by atoms with Crippen LogP contribution in [0.3, 0.4) is 0 Å². The zero-order valence-corrected chi connectivity index (χ0v) is 18.0. The summed E-state index contributed by atoms with van der Waals surface area (Å²) in [5.74, 6) is 0.621. The fourth-order valence-electron chi connectivity index (χ4n) is 4.36. The number of aryl methyl sites for hydroxylation is 3. The highest BCUT2D eigenvalue weighted by Gasteiger charge is 2.21. The smallest absolute Gasteiger partial charge is 0.332 e. The van der Waals surface area contributed by atoms with E-state index in [0.717, 1.165) is 30.0 Å². The SMILES string of the molecule is Cc1cccc(-n2c(C)cn3c4c(=O)n(CCN5CCOCC5)c(=O)n(C)c4nc23)c1. The molecule has 31 heavy (non-hydrogen) atoms. The van der Waals surface area contributed by atoms with E-state index in [2.05, 4.69) is 11.0 Å². The van der Waals surface area contributed by atoms with Crippen molar-refractivity contribution in [3.8, 4) is 5.69 Å². The number of aromatic nitrogens is 5. The number of fused-ring (bicyclic) bond motifs is 3. The van der Waals surface area contributed by atoms with Crippen molar-refractivity contribution in [1.82, 2.24) is 28.0 Å². The van der Waals surface area contributed by atoms with Crippen LogP contribution in [0.1, 0.15) is 11.3 Å². The quantitative estimate of drug-likeness (QED) is 0.492. The molecule has 5 rings (SSSR count). The van der Waals surface area contributed by atoms with E-state index in [1.165, 1.54) is 9.13 Å². The van der Waals surface area contributed by atoms with Crippen molar-refractivity contribution in [2.24, 2.45) is 7.05 Å². The normalized spacial score (nSPS) is 15.3. The first-order valence-electron chi connectivity index (χ1n) is 10.5. The fraction of sp³-hybridized carbons (Fsp3) is 0.409. The summed E-state index contributed by atoms with van der Waals surface area (Å²) in [5.41, 5.74) is 3.24. The third kappa shape index (κ3) is 3.21. The van der Waals surface area contributed by atoms with Crippen LogP contribution in [-0.4, -0.2) is 60.8 Å². The van der Waals surface area contributed by atoms with Crippen LogP contribution in [0.4, 0.5) is 0 Å². The first-order valence-corrected chi connectivity index (χ1v) is 10.5. The number of hydrogen-bond acceptors (Lipinski definition) is 5. The van der Waals surface area contributed by atoms with Gasteiger partial charge in [0.25, 0.3) is 5.56 Å². The van der Waals surface area contributed by atoms with Crippen LogP contribution in [0.15, 0.2) is 40.1 Å². The van der Waals surface area contributed by atoms with Crippen LogP contribution >= 0.6 is 0 Å². The molecule has 0 unspecified atom stereocenters. The predicted octanol–water partition coefficient (Wildman–Crippen LogP) is 1.09. The van der Waals surface area contributed by atoms with Gasteiger partial charge in [0.15, 0.2) is 11.2 Å². The monoisotopic (exact) mass is 422 g/mol. The Hall–Kier alpha value is -3.17. The van der Waals surface area contributed by atoms with E-state index in [4.69, 9.17) is 9.72 Å². The first-order chi connectivity index (χ1) is 15.0. The van der Waals surface area contributed by atoms with E-state index in [0.29, 0.717) is 43.2 Å². The highest BCUT2D eigenvalue weighted by atomic mass is 16.5. The molecule has 1 saturated heterocycles.